The average Bonchev–Trinajstić information content (AvgIpc) is 2.73. The van der Waals surface area contributed by atoms with Gasteiger partial charge in [-0.1, -0.05) is 6.07 Å². The summed E-state index contributed by atoms with van der Waals surface area (Å²) in [7, 11) is 1.61. The van der Waals surface area contributed by atoms with Gasteiger partial charge >= 0.3 is 0 Å². The minimum Gasteiger partial charge on any atom is -0.493 e. The fourth-order valence-corrected chi connectivity index (χ4v) is 3.09. The van der Waals surface area contributed by atoms with Crippen LogP contribution in [0.15, 0.2) is 18.2 Å². The molecule has 5 heteroatoms. The summed E-state index contributed by atoms with van der Waals surface area (Å²) in [6.45, 7) is 8.58. The van der Waals surface area contributed by atoms with E-state index in [-0.39, 0.29) is 23.5 Å². The van der Waals surface area contributed by atoms with Crippen molar-refractivity contribution >= 4 is 5.91 Å². The Labute approximate surface area is 132 Å². The number of nitrogens with zero attached hydrogens (tertiary/aromatic N) is 1. The first-order valence-electron chi connectivity index (χ1n) is 7.68. The van der Waals surface area contributed by atoms with Gasteiger partial charge in [0.2, 0.25) is 5.91 Å². The topological polar surface area (TPSA) is 64.8 Å². The molecule has 0 spiro atoms. The number of benzene rings is 1. The van der Waals surface area contributed by atoms with Crippen LogP contribution in [0.5, 0.6) is 11.5 Å². The number of rotatable bonds is 4. The van der Waals surface area contributed by atoms with Crippen LogP contribution in [-0.4, -0.2) is 36.1 Å². The summed E-state index contributed by atoms with van der Waals surface area (Å²) < 4.78 is 11.0. The zero-order valence-electron chi connectivity index (χ0n) is 14.1. The third-order valence-corrected chi connectivity index (χ3v) is 3.91. The van der Waals surface area contributed by atoms with Gasteiger partial charge in [-0.05, 0) is 45.4 Å². The molecular formula is C17H26N2O3. The highest BCUT2D eigenvalue weighted by Gasteiger charge is 2.44. The number of amides is 1. The van der Waals surface area contributed by atoms with E-state index in [9.17, 15) is 4.79 Å². The van der Waals surface area contributed by atoms with Gasteiger partial charge in [-0.25, -0.2) is 0 Å². The molecule has 122 valence electrons. The molecule has 2 atom stereocenters. The summed E-state index contributed by atoms with van der Waals surface area (Å²) in [6.07, 6.45) is 0.373. The lowest BCUT2D eigenvalue weighted by molar-refractivity contribution is -0.133. The smallest absolute Gasteiger partial charge is 0.225 e. The van der Waals surface area contributed by atoms with Crippen molar-refractivity contribution in [2.75, 3.05) is 13.7 Å². The van der Waals surface area contributed by atoms with Crippen LogP contribution in [0.1, 0.15) is 45.7 Å². The number of hydrogen-bond acceptors (Lipinski definition) is 4. The fraction of sp³-hybridized carbons (Fsp3) is 0.588. The normalized spacial score (nSPS) is 22.1. The molecule has 1 amide bonds. The molecule has 1 aromatic carbocycles. The number of ether oxygens (including phenoxy) is 2. The maximum absolute atomic E-state index is 12.3. The molecule has 0 bridgehead atoms. The average molecular weight is 306 g/mol. The molecule has 1 aromatic rings. The Balaban J connectivity index is 2.44. The molecule has 1 aliphatic heterocycles. The van der Waals surface area contributed by atoms with E-state index >= 15 is 0 Å². The van der Waals surface area contributed by atoms with E-state index < -0.39 is 0 Å². The van der Waals surface area contributed by atoms with Crippen LogP contribution in [0.3, 0.4) is 0 Å². The van der Waals surface area contributed by atoms with Crippen LogP contribution in [-0.2, 0) is 4.79 Å². The van der Waals surface area contributed by atoms with Gasteiger partial charge < -0.3 is 20.1 Å². The molecule has 5 nitrogen and oxygen atoms in total. The number of methoxy groups -OCH3 is 1. The largest absolute Gasteiger partial charge is 0.493 e. The SMILES string of the molecule is CCOc1cc(C2C(N)CC(=O)N2C(C)(C)C)ccc1OC. The minimum atomic E-state index is -0.276. The number of hydrogen-bond donors (Lipinski definition) is 1. The molecule has 0 radical (unpaired) electrons. The summed E-state index contributed by atoms with van der Waals surface area (Å²) >= 11 is 0. The second-order valence-electron chi connectivity index (χ2n) is 6.59. The number of likely N-dealkylation sites (tertiary alicyclic amines) is 1. The van der Waals surface area contributed by atoms with E-state index in [4.69, 9.17) is 15.2 Å². The number of carbonyl (C=O) groups excluding carboxylic acids is 1. The lowest BCUT2D eigenvalue weighted by Gasteiger charge is -2.38. The lowest BCUT2D eigenvalue weighted by Crippen LogP contribution is -2.45. The van der Waals surface area contributed by atoms with Crippen LogP contribution in [0.4, 0.5) is 0 Å². The Kier molecular flexibility index (Phi) is 4.66. The summed E-state index contributed by atoms with van der Waals surface area (Å²) in [5, 5.41) is 0. The predicted molar refractivity (Wildman–Crippen MR) is 86.1 cm³/mol. The van der Waals surface area contributed by atoms with Crippen molar-refractivity contribution < 1.29 is 14.3 Å². The van der Waals surface area contributed by atoms with Gasteiger partial charge in [0.05, 0.1) is 19.8 Å². The van der Waals surface area contributed by atoms with E-state index in [0.29, 0.717) is 24.5 Å². The molecule has 1 aliphatic rings. The predicted octanol–water partition coefficient (Wildman–Crippen LogP) is 2.49. The van der Waals surface area contributed by atoms with Crippen molar-refractivity contribution in [3.05, 3.63) is 23.8 Å². The van der Waals surface area contributed by atoms with E-state index in [0.717, 1.165) is 5.56 Å². The van der Waals surface area contributed by atoms with Gasteiger partial charge in [0, 0.05) is 18.0 Å². The molecule has 1 saturated heterocycles. The monoisotopic (exact) mass is 306 g/mol. The van der Waals surface area contributed by atoms with Crippen LogP contribution < -0.4 is 15.2 Å². The van der Waals surface area contributed by atoms with Gasteiger partial charge in [-0.15, -0.1) is 0 Å². The van der Waals surface area contributed by atoms with Crippen molar-refractivity contribution in [1.29, 1.82) is 0 Å². The van der Waals surface area contributed by atoms with Crippen molar-refractivity contribution in [3.63, 3.8) is 0 Å². The molecule has 1 fully saturated rings. The fourth-order valence-electron chi connectivity index (χ4n) is 3.09. The van der Waals surface area contributed by atoms with Gasteiger partial charge in [0.25, 0.3) is 0 Å². The van der Waals surface area contributed by atoms with Crippen LogP contribution in [0, 0.1) is 0 Å². The minimum absolute atomic E-state index is 0.0961. The Morgan fingerprint density at radius 2 is 2.00 bits per heavy atom. The Hall–Kier alpha value is -1.75. The van der Waals surface area contributed by atoms with Crippen molar-refractivity contribution in [2.24, 2.45) is 5.73 Å². The Morgan fingerprint density at radius 3 is 2.55 bits per heavy atom. The van der Waals surface area contributed by atoms with Crippen molar-refractivity contribution in [1.82, 2.24) is 4.90 Å². The number of nitrogens with two attached hydrogens (primary N) is 1. The van der Waals surface area contributed by atoms with Crippen LogP contribution in [0.25, 0.3) is 0 Å². The lowest BCUT2D eigenvalue weighted by atomic mass is 9.96. The van der Waals surface area contributed by atoms with E-state index in [1.54, 1.807) is 7.11 Å². The van der Waals surface area contributed by atoms with E-state index in [1.807, 2.05) is 50.8 Å². The molecular weight excluding hydrogens is 280 g/mol. The summed E-state index contributed by atoms with van der Waals surface area (Å²) in [5.74, 6) is 1.47. The molecule has 22 heavy (non-hydrogen) atoms. The van der Waals surface area contributed by atoms with Crippen LogP contribution in [0.2, 0.25) is 0 Å². The zero-order valence-corrected chi connectivity index (χ0v) is 14.1. The molecule has 2 rings (SSSR count). The maximum Gasteiger partial charge on any atom is 0.225 e. The highest BCUT2D eigenvalue weighted by molar-refractivity contribution is 5.81. The van der Waals surface area contributed by atoms with Gasteiger partial charge in [0.15, 0.2) is 11.5 Å². The van der Waals surface area contributed by atoms with Gasteiger partial charge in [0.1, 0.15) is 0 Å². The van der Waals surface area contributed by atoms with Gasteiger partial charge in [-0.3, -0.25) is 4.79 Å². The zero-order chi connectivity index (χ0) is 16.5. The molecule has 2 unspecified atom stereocenters. The molecule has 2 N–H and O–H groups in total. The van der Waals surface area contributed by atoms with Crippen molar-refractivity contribution in [2.45, 2.75) is 51.7 Å². The molecule has 0 aliphatic carbocycles. The molecule has 1 heterocycles. The maximum atomic E-state index is 12.3. The summed E-state index contributed by atoms with van der Waals surface area (Å²) in [5.41, 5.74) is 6.96. The van der Waals surface area contributed by atoms with Crippen molar-refractivity contribution in [3.8, 4) is 11.5 Å². The van der Waals surface area contributed by atoms with E-state index in [2.05, 4.69) is 0 Å². The quantitative estimate of drug-likeness (QED) is 0.928. The number of carbonyl (C=O) groups is 1. The Morgan fingerprint density at radius 1 is 1.32 bits per heavy atom. The molecule has 0 saturated carbocycles. The first kappa shape index (κ1) is 16.6. The van der Waals surface area contributed by atoms with Gasteiger partial charge in [-0.2, -0.15) is 0 Å². The second-order valence-corrected chi connectivity index (χ2v) is 6.59. The first-order valence-corrected chi connectivity index (χ1v) is 7.68. The third kappa shape index (κ3) is 3.04. The summed E-state index contributed by atoms with van der Waals surface area (Å²) in [4.78, 5) is 14.2. The third-order valence-electron chi connectivity index (χ3n) is 3.91. The van der Waals surface area contributed by atoms with E-state index in [1.165, 1.54) is 0 Å². The Bertz CT molecular complexity index is 551. The highest BCUT2D eigenvalue weighted by atomic mass is 16.5. The summed E-state index contributed by atoms with van der Waals surface area (Å²) in [6, 6.07) is 5.41. The second kappa shape index (κ2) is 6.16. The molecule has 0 aromatic heterocycles. The van der Waals surface area contributed by atoms with Crippen LogP contribution >= 0.6 is 0 Å². The highest BCUT2D eigenvalue weighted by Crippen LogP contribution is 2.40. The standard InChI is InChI=1S/C17H26N2O3/c1-6-22-14-9-11(7-8-13(14)21-5)16-12(18)10-15(20)19(16)17(2,3)4/h7-9,12,16H,6,10,18H2,1-5H3. The first-order chi connectivity index (χ1) is 10.3.